The Kier molecular flexibility index (Phi) is 1.71. The number of hydrogen-bond acceptors (Lipinski definition) is 3. The van der Waals surface area contributed by atoms with Crippen LogP contribution in [0.3, 0.4) is 0 Å². The zero-order valence-corrected chi connectivity index (χ0v) is 5.37. The Hall–Kier alpha value is -1.22. The van der Waals surface area contributed by atoms with Crippen molar-refractivity contribution >= 4 is 5.78 Å². The maximum atomic E-state index is 10.9. The monoisotopic (exact) mass is 137 g/mol. The minimum absolute atomic E-state index is 0.0591. The molecule has 2 N–H and O–H groups in total. The van der Waals surface area contributed by atoms with Crippen LogP contribution in [0, 0.1) is 0 Å². The fourth-order valence-corrected chi connectivity index (χ4v) is 0.582. The lowest BCUT2D eigenvalue weighted by Crippen LogP contribution is -2.14. The maximum Gasteiger partial charge on any atom is 0.194 e. The minimum atomic E-state index is -0.237. The van der Waals surface area contributed by atoms with E-state index in [2.05, 4.69) is 4.98 Å². The van der Waals surface area contributed by atoms with Crippen molar-refractivity contribution in [3.8, 4) is 0 Å². The van der Waals surface area contributed by atoms with Gasteiger partial charge in [0.05, 0.1) is 7.92 Å². The molecule has 0 saturated carbocycles. The van der Waals surface area contributed by atoms with Crippen LogP contribution in [0.1, 0.15) is 11.9 Å². The Labute approximate surface area is 60.3 Å². The molecule has 0 saturated heterocycles. The standard InChI is InChI=1S/C7H8N2O/c8-5-7(10)6-3-1-2-4-9-6/h1-4H,5,8H2/i1D. The van der Waals surface area contributed by atoms with Gasteiger partial charge in [-0.2, -0.15) is 0 Å². The zero-order valence-electron chi connectivity index (χ0n) is 6.37. The van der Waals surface area contributed by atoms with Crippen LogP contribution in [0.15, 0.2) is 24.4 Å². The summed E-state index contributed by atoms with van der Waals surface area (Å²) in [4.78, 5) is 14.7. The van der Waals surface area contributed by atoms with Crippen molar-refractivity contribution in [1.29, 1.82) is 0 Å². The van der Waals surface area contributed by atoms with Crippen LogP contribution in [-0.2, 0) is 0 Å². The number of Topliss-reactive ketones (excluding diaryl/α,β-unsaturated/α-hetero) is 1. The van der Waals surface area contributed by atoms with E-state index in [9.17, 15) is 4.79 Å². The molecule has 0 bridgehead atoms. The van der Waals surface area contributed by atoms with Gasteiger partial charge in [-0.3, -0.25) is 9.78 Å². The van der Waals surface area contributed by atoms with E-state index in [0.717, 1.165) is 0 Å². The third-order valence-corrected chi connectivity index (χ3v) is 1.08. The van der Waals surface area contributed by atoms with Crippen molar-refractivity contribution in [1.82, 2.24) is 4.98 Å². The van der Waals surface area contributed by atoms with Gasteiger partial charge in [0.2, 0.25) is 0 Å². The highest BCUT2D eigenvalue weighted by Gasteiger charge is 2.00. The highest BCUT2D eigenvalue weighted by Crippen LogP contribution is 1.92. The molecule has 1 aromatic rings. The van der Waals surface area contributed by atoms with Crippen LogP contribution < -0.4 is 5.73 Å². The SMILES string of the molecule is [2H]c1ccnc(C(=O)CN)c1. The molecule has 10 heavy (non-hydrogen) atoms. The number of nitrogens with two attached hydrogens (primary N) is 1. The van der Waals surface area contributed by atoms with Crippen LogP contribution in [0.25, 0.3) is 0 Å². The Morgan fingerprint density at radius 3 is 3.30 bits per heavy atom. The first kappa shape index (κ1) is 5.56. The van der Waals surface area contributed by atoms with Gasteiger partial charge in [-0.25, -0.2) is 0 Å². The number of carbonyl (C=O) groups is 1. The predicted octanol–water partition coefficient (Wildman–Crippen LogP) is 0.223. The van der Waals surface area contributed by atoms with E-state index in [0.29, 0.717) is 0 Å². The van der Waals surface area contributed by atoms with Gasteiger partial charge in [-0.1, -0.05) is 6.04 Å². The predicted molar refractivity (Wildman–Crippen MR) is 37.6 cm³/mol. The number of ketones is 1. The highest BCUT2D eigenvalue weighted by molar-refractivity contribution is 5.95. The molecule has 3 nitrogen and oxygen atoms in total. The lowest BCUT2D eigenvalue weighted by molar-refractivity contribution is 0.0996. The van der Waals surface area contributed by atoms with Crippen LogP contribution in [-0.4, -0.2) is 17.3 Å². The van der Waals surface area contributed by atoms with Crippen molar-refractivity contribution in [2.45, 2.75) is 0 Å². The summed E-state index contributed by atoms with van der Waals surface area (Å²) in [5, 5.41) is 0. The molecular weight excluding hydrogens is 128 g/mol. The number of pyridine rings is 1. The van der Waals surface area contributed by atoms with Crippen molar-refractivity contribution in [2.75, 3.05) is 6.54 Å². The minimum Gasteiger partial charge on any atom is -0.324 e. The van der Waals surface area contributed by atoms with Crippen molar-refractivity contribution in [3.63, 3.8) is 0 Å². The van der Waals surface area contributed by atoms with E-state index in [1.165, 1.54) is 18.3 Å². The molecule has 0 atom stereocenters. The molecule has 0 aromatic carbocycles. The first-order chi connectivity index (χ1) is 5.24. The first-order valence-corrected chi connectivity index (χ1v) is 2.90. The fourth-order valence-electron chi connectivity index (χ4n) is 0.582. The molecule has 0 amide bonds. The topological polar surface area (TPSA) is 56.0 Å². The quantitative estimate of drug-likeness (QED) is 0.593. The molecule has 0 spiro atoms. The number of hydrogen-bond donors (Lipinski definition) is 1. The first-order valence-electron chi connectivity index (χ1n) is 3.40. The number of nitrogens with zero attached hydrogens (tertiary/aromatic N) is 1. The molecule has 1 aromatic heterocycles. The van der Waals surface area contributed by atoms with Crippen LogP contribution in [0.4, 0.5) is 0 Å². The molecule has 3 heteroatoms. The molecule has 0 fully saturated rings. The van der Waals surface area contributed by atoms with Gasteiger partial charge in [-0.05, 0) is 12.1 Å². The number of aromatic nitrogens is 1. The van der Waals surface area contributed by atoms with Crippen LogP contribution in [0.2, 0.25) is 0 Å². The second kappa shape index (κ2) is 3.08. The molecular formula is C7H8N2O. The van der Waals surface area contributed by atoms with Gasteiger partial charge in [0, 0.05) is 6.20 Å². The summed E-state index contributed by atoms with van der Waals surface area (Å²) < 4.78 is 7.17. The van der Waals surface area contributed by atoms with Crippen molar-refractivity contribution < 1.29 is 6.17 Å². The fraction of sp³-hybridized carbons (Fsp3) is 0.143. The Morgan fingerprint density at radius 1 is 1.90 bits per heavy atom. The summed E-state index contributed by atoms with van der Waals surface area (Å²) >= 11 is 0. The summed E-state index contributed by atoms with van der Waals surface area (Å²) in [6, 6.07) is 3.18. The summed E-state index contributed by atoms with van der Waals surface area (Å²) in [6.07, 6.45) is 1.42. The lowest BCUT2D eigenvalue weighted by atomic mass is 10.2. The van der Waals surface area contributed by atoms with Crippen LogP contribution >= 0.6 is 0 Å². The van der Waals surface area contributed by atoms with Gasteiger partial charge >= 0.3 is 0 Å². The molecule has 0 unspecified atom stereocenters. The largest absolute Gasteiger partial charge is 0.324 e. The van der Waals surface area contributed by atoms with E-state index in [4.69, 9.17) is 7.10 Å². The molecule has 1 heterocycles. The van der Waals surface area contributed by atoms with Gasteiger partial charge in [0.1, 0.15) is 5.69 Å². The summed E-state index contributed by atoms with van der Waals surface area (Å²) in [5.41, 5.74) is 5.37. The molecule has 1 rings (SSSR count). The zero-order chi connectivity index (χ0) is 8.27. The average molecular weight is 137 g/mol. The number of rotatable bonds is 2. The Balaban J connectivity index is 2.96. The van der Waals surface area contributed by atoms with Crippen LogP contribution in [0.5, 0.6) is 0 Å². The summed E-state index contributed by atoms with van der Waals surface area (Å²) in [7, 11) is 0. The normalized spacial score (nSPS) is 10.7. The maximum absolute atomic E-state index is 10.9. The van der Waals surface area contributed by atoms with E-state index in [1.54, 1.807) is 0 Å². The van der Waals surface area contributed by atoms with E-state index >= 15 is 0 Å². The third-order valence-electron chi connectivity index (χ3n) is 1.08. The van der Waals surface area contributed by atoms with Crippen molar-refractivity contribution in [2.24, 2.45) is 5.73 Å². The molecule has 0 aliphatic carbocycles. The Morgan fingerprint density at radius 2 is 2.70 bits per heavy atom. The van der Waals surface area contributed by atoms with Gasteiger partial charge in [0.15, 0.2) is 5.78 Å². The third kappa shape index (κ3) is 1.39. The summed E-state index contributed by atoms with van der Waals surface area (Å²) in [5.74, 6) is -0.237. The molecule has 0 aliphatic heterocycles. The second-order valence-electron chi connectivity index (χ2n) is 1.77. The number of carbonyl (C=O) groups excluding carboxylic acids is 1. The van der Waals surface area contributed by atoms with Gasteiger partial charge in [0.25, 0.3) is 0 Å². The molecule has 52 valence electrons. The lowest BCUT2D eigenvalue weighted by Gasteiger charge is -1.92. The van der Waals surface area contributed by atoms with E-state index in [-0.39, 0.29) is 24.1 Å². The molecule has 0 aliphatic rings. The van der Waals surface area contributed by atoms with E-state index in [1.807, 2.05) is 0 Å². The second-order valence-corrected chi connectivity index (χ2v) is 1.77. The van der Waals surface area contributed by atoms with Gasteiger partial charge in [-0.15, -0.1) is 0 Å². The molecule has 0 radical (unpaired) electrons. The van der Waals surface area contributed by atoms with Gasteiger partial charge < -0.3 is 5.73 Å². The van der Waals surface area contributed by atoms with E-state index < -0.39 is 0 Å². The summed E-state index contributed by atoms with van der Waals surface area (Å²) in [6.45, 7) is -0.0591. The highest BCUT2D eigenvalue weighted by atomic mass is 16.1. The Bertz CT molecular complexity index is 275. The smallest absolute Gasteiger partial charge is 0.194 e. The van der Waals surface area contributed by atoms with Crippen molar-refractivity contribution in [3.05, 3.63) is 30.1 Å². The average Bonchev–Trinajstić information content (AvgIpc) is 2.03.